The number of amides is 1. The molecule has 1 aromatic rings. The Morgan fingerprint density at radius 1 is 1.63 bits per heavy atom. The van der Waals surface area contributed by atoms with Crippen molar-refractivity contribution in [2.75, 3.05) is 13.2 Å². The Morgan fingerprint density at radius 3 is 3.16 bits per heavy atom. The number of hydrogen-bond acceptors (Lipinski definition) is 4. The smallest absolute Gasteiger partial charge is 0.254 e. The molecule has 0 aromatic carbocycles. The van der Waals surface area contributed by atoms with Gasteiger partial charge in [0.05, 0.1) is 18.6 Å². The van der Waals surface area contributed by atoms with Crippen molar-refractivity contribution in [3.8, 4) is 0 Å². The monoisotopic (exact) mass is 265 g/mol. The number of fused-ring (bicyclic) bond motifs is 1. The second-order valence-electron chi connectivity index (χ2n) is 4.68. The van der Waals surface area contributed by atoms with Gasteiger partial charge < -0.3 is 14.6 Å². The van der Waals surface area contributed by atoms with Gasteiger partial charge in [-0.1, -0.05) is 6.92 Å². The Bertz CT molecular complexity index is 512. The Labute approximate surface area is 111 Å². The molecule has 0 spiro atoms. The molecule has 1 aliphatic heterocycles. The zero-order valence-electron chi connectivity index (χ0n) is 11.3. The molecular formula is C13H19N3O3. The molecule has 2 rings (SSSR count). The molecular weight excluding hydrogens is 246 g/mol. The molecule has 0 saturated heterocycles. The number of hydrogen-bond donors (Lipinski definition) is 1. The van der Waals surface area contributed by atoms with Gasteiger partial charge in [-0.2, -0.15) is 0 Å². The van der Waals surface area contributed by atoms with Crippen LogP contribution < -0.4 is 5.56 Å². The molecule has 1 unspecified atom stereocenters. The van der Waals surface area contributed by atoms with Crippen LogP contribution in [0.15, 0.2) is 11.1 Å². The molecule has 0 saturated carbocycles. The summed E-state index contributed by atoms with van der Waals surface area (Å²) in [6, 6.07) is 0. The van der Waals surface area contributed by atoms with Crippen molar-refractivity contribution in [3.63, 3.8) is 0 Å². The van der Waals surface area contributed by atoms with Crippen molar-refractivity contribution in [3.05, 3.63) is 27.9 Å². The Kier molecular flexibility index (Phi) is 4.31. The van der Waals surface area contributed by atoms with E-state index in [4.69, 9.17) is 4.74 Å². The van der Waals surface area contributed by atoms with Gasteiger partial charge in [-0.15, -0.1) is 0 Å². The van der Waals surface area contributed by atoms with Crippen LogP contribution in [0.25, 0.3) is 0 Å². The maximum absolute atomic E-state index is 12.2. The zero-order valence-corrected chi connectivity index (χ0v) is 11.3. The molecule has 1 aliphatic rings. The van der Waals surface area contributed by atoms with Crippen LogP contribution in [0.3, 0.4) is 0 Å². The number of rotatable bonds is 4. The summed E-state index contributed by atoms with van der Waals surface area (Å²) in [6.45, 7) is 5.27. The average molecular weight is 265 g/mol. The minimum absolute atomic E-state index is 0.0406. The third kappa shape index (κ3) is 3.01. The molecule has 0 aliphatic carbocycles. The maximum Gasteiger partial charge on any atom is 0.254 e. The third-order valence-corrected chi connectivity index (χ3v) is 3.24. The molecule has 1 amide bonds. The van der Waals surface area contributed by atoms with Gasteiger partial charge in [-0.05, 0) is 19.8 Å². The van der Waals surface area contributed by atoms with E-state index >= 15 is 0 Å². The van der Waals surface area contributed by atoms with Crippen molar-refractivity contribution in [2.45, 2.75) is 39.3 Å². The second-order valence-corrected chi connectivity index (χ2v) is 4.68. The van der Waals surface area contributed by atoms with Crippen LogP contribution in [0.2, 0.25) is 0 Å². The third-order valence-electron chi connectivity index (χ3n) is 3.24. The topological polar surface area (TPSA) is 75.3 Å². The number of carbonyl (C=O) groups excluding carboxylic acids is 1. The van der Waals surface area contributed by atoms with E-state index in [0.29, 0.717) is 37.4 Å². The Balaban J connectivity index is 2.05. The summed E-state index contributed by atoms with van der Waals surface area (Å²) < 4.78 is 5.44. The highest BCUT2D eigenvalue weighted by molar-refractivity contribution is 5.80. The quantitative estimate of drug-likeness (QED) is 0.858. The first-order chi connectivity index (χ1) is 9.13. The summed E-state index contributed by atoms with van der Waals surface area (Å²) in [4.78, 5) is 32.2. The van der Waals surface area contributed by atoms with Crippen LogP contribution in [0.1, 0.15) is 31.5 Å². The van der Waals surface area contributed by atoms with Gasteiger partial charge in [0.15, 0.2) is 0 Å². The SMILES string of the molecule is CCCOC(C)C(=O)N1CCc2c(nc[nH]c2=O)C1. The van der Waals surface area contributed by atoms with Crippen LogP contribution >= 0.6 is 0 Å². The van der Waals surface area contributed by atoms with Gasteiger partial charge >= 0.3 is 0 Å². The van der Waals surface area contributed by atoms with Crippen molar-refractivity contribution in [1.82, 2.24) is 14.9 Å². The summed E-state index contributed by atoms with van der Waals surface area (Å²) in [7, 11) is 0. The van der Waals surface area contributed by atoms with Gasteiger partial charge in [0.25, 0.3) is 11.5 Å². The largest absolute Gasteiger partial charge is 0.369 e. The number of carbonyl (C=O) groups is 1. The van der Waals surface area contributed by atoms with Gasteiger partial charge in [0.2, 0.25) is 0 Å². The van der Waals surface area contributed by atoms with Crippen molar-refractivity contribution in [2.24, 2.45) is 0 Å². The lowest BCUT2D eigenvalue weighted by Gasteiger charge is -2.29. The lowest BCUT2D eigenvalue weighted by atomic mass is 10.1. The number of ether oxygens (including phenoxy) is 1. The predicted octanol–water partition coefficient (Wildman–Crippen LogP) is 0.470. The Hall–Kier alpha value is -1.69. The van der Waals surface area contributed by atoms with E-state index < -0.39 is 6.10 Å². The van der Waals surface area contributed by atoms with Gasteiger partial charge in [0, 0.05) is 18.7 Å². The summed E-state index contributed by atoms with van der Waals surface area (Å²) >= 11 is 0. The number of aromatic nitrogens is 2. The predicted molar refractivity (Wildman–Crippen MR) is 69.7 cm³/mol. The molecule has 6 heteroatoms. The molecule has 0 radical (unpaired) electrons. The summed E-state index contributed by atoms with van der Waals surface area (Å²) in [5.74, 6) is -0.0406. The number of nitrogens with one attached hydrogen (secondary N) is 1. The van der Waals surface area contributed by atoms with Gasteiger partial charge in [-0.3, -0.25) is 9.59 Å². The van der Waals surface area contributed by atoms with E-state index in [2.05, 4.69) is 9.97 Å². The number of aromatic amines is 1. The molecule has 2 heterocycles. The summed E-state index contributed by atoms with van der Waals surface area (Å²) in [6.07, 6.45) is 2.37. The lowest BCUT2D eigenvalue weighted by Crippen LogP contribution is -2.43. The highest BCUT2D eigenvalue weighted by Crippen LogP contribution is 2.14. The van der Waals surface area contributed by atoms with Crippen LogP contribution in [0, 0.1) is 0 Å². The zero-order chi connectivity index (χ0) is 13.8. The van der Waals surface area contributed by atoms with Crippen molar-refractivity contribution in [1.29, 1.82) is 0 Å². The fourth-order valence-corrected chi connectivity index (χ4v) is 2.18. The Morgan fingerprint density at radius 2 is 2.42 bits per heavy atom. The minimum Gasteiger partial charge on any atom is -0.369 e. The minimum atomic E-state index is -0.441. The van der Waals surface area contributed by atoms with E-state index in [9.17, 15) is 9.59 Å². The van der Waals surface area contributed by atoms with E-state index in [0.717, 1.165) is 6.42 Å². The lowest BCUT2D eigenvalue weighted by molar-refractivity contribution is -0.143. The van der Waals surface area contributed by atoms with Crippen LogP contribution in [-0.4, -0.2) is 40.0 Å². The van der Waals surface area contributed by atoms with Gasteiger partial charge in [-0.25, -0.2) is 4.98 Å². The summed E-state index contributed by atoms with van der Waals surface area (Å²) in [5.41, 5.74) is 1.27. The van der Waals surface area contributed by atoms with Crippen molar-refractivity contribution < 1.29 is 9.53 Å². The first-order valence-corrected chi connectivity index (χ1v) is 6.59. The molecule has 19 heavy (non-hydrogen) atoms. The fraction of sp³-hybridized carbons (Fsp3) is 0.615. The summed E-state index contributed by atoms with van der Waals surface area (Å²) in [5, 5.41) is 0. The molecule has 1 atom stereocenters. The highest BCUT2D eigenvalue weighted by Gasteiger charge is 2.26. The number of nitrogens with zero attached hydrogens (tertiary/aromatic N) is 2. The standard InChI is InChI=1S/C13H19N3O3/c1-3-6-19-9(2)13(18)16-5-4-10-11(7-16)14-8-15-12(10)17/h8-9H,3-7H2,1-2H3,(H,14,15,17). The fourth-order valence-electron chi connectivity index (χ4n) is 2.18. The maximum atomic E-state index is 12.2. The van der Waals surface area contributed by atoms with Gasteiger partial charge in [0.1, 0.15) is 6.10 Å². The molecule has 1 N–H and O–H groups in total. The van der Waals surface area contributed by atoms with E-state index in [-0.39, 0.29) is 11.5 Å². The first-order valence-electron chi connectivity index (χ1n) is 6.59. The normalized spacial score (nSPS) is 16.0. The van der Waals surface area contributed by atoms with Crippen LogP contribution in [0.4, 0.5) is 0 Å². The van der Waals surface area contributed by atoms with E-state index in [1.165, 1.54) is 6.33 Å². The van der Waals surface area contributed by atoms with E-state index in [1.54, 1.807) is 11.8 Å². The van der Waals surface area contributed by atoms with Crippen LogP contribution in [-0.2, 0) is 22.5 Å². The van der Waals surface area contributed by atoms with Crippen molar-refractivity contribution >= 4 is 5.91 Å². The molecule has 0 bridgehead atoms. The molecule has 1 aromatic heterocycles. The molecule has 104 valence electrons. The molecule has 0 fully saturated rings. The first kappa shape index (κ1) is 13.7. The highest BCUT2D eigenvalue weighted by atomic mass is 16.5. The van der Waals surface area contributed by atoms with Crippen LogP contribution in [0.5, 0.6) is 0 Å². The number of H-pyrrole nitrogens is 1. The molecule has 6 nitrogen and oxygen atoms in total. The average Bonchev–Trinajstić information content (AvgIpc) is 2.43. The second kappa shape index (κ2) is 5.97. The van der Waals surface area contributed by atoms with E-state index in [1.807, 2.05) is 6.92 Å².